The zero-order chi connectivity index (χ0) is 14.3. The molecule has 0 spiro atoms. The highest BCUT2D eigenvalue weighted by atomic mass is 16.5. The summed E-state index contributed by atoms with van der Waals surface area (Å²) < 4.78 is 16.0. The standard InChI is InChI=1S/C15H16O5/c1-3-18-15(17)12(16)11-10-5-7-19-13(10)8(2)9-4-6-20-14(9)11/h3-7H2,1-2H3. The molecule has 2 heterocycles. The number of hydrogen-bond acceptors (Lipinski definition) is 5. The maximum atomic E-state index is 12.4. The molecule has 0 amide bonds. The summed E-state index contributed by atoms with van der Waals surface area (Å²) in [6.07, 6.45) is 1.36. The summed E-state index contributed by atoms with van der Waals surface area (Å²) in [5.41, 5.74) is 3.11. The Kier molecular flexibility index (Phi) is 3.12. The average Bonchev–Trinajstić information content (AvgIpc) is 3.07. The molecular weight excluding hydrogens is 260 g/mol. The molecule has 0 aliphatic carbocycles. The van der Waals surface area contributed by atoms with E-state index in [0.717, 1.165) is 28.9 Å². The van der Waals surface area contributed by atoms with Gasteiger partial charge in [0.2, 0.25) is 0 Å². The number of fused-ring (bicyclic) bond motifs is 2. The number of ketones is 1. The summed E-state index contributed by atoms with van der Waals surface area (Å²) in [7, 11) is 0. The SMILES string of the molecule is CCOC(=O)C(=O)c1c2c(c(C)c3c1OCC3)OCC2. The second-order valence-electron chi connectivity index (χ2n) is 4.86. The summed E-state index contributed by atoms with van der Waals surface area (Å²) in [5.74, 6) is -0.179. The average molecular weight is 276 g/mol. The van der Waals surface area contributed by atoms with Crippen LogP contribution in [0.25, 0.3) is 0 Å². The van der Waals surface area contributed by atoms with Crippen LogP contribution in [0.4, 0.5) is 0 Å². The monoisotopic (exact) mass is 276 g/mol. The summed E-state index contributed by atoms with van der Waals surface area (Å²) in [6.45, 7) is 4.88. The second kappa shape index (κ2) is 4.81. The molecule has 0 N–H and O–H groups in total. The lowest BCUT2D eigenvalue weighted by atomic mass is 9.93. The summed E-state index contributed by atoms with van der Waals surface area (Å²) in [5, 5.41) is 0. The van der Waals surface area contributed by atoms with Crippen LogP contribution < -0.4 is 9.47 Å². The third-order valence-electron chi connectivity index (χ3n) is 3.76. The van der Waals surface area contributed by atoms with Crippen LogP contribution in [-0.4, -0.2) is 31.6 Å². The van der Waals surface area contributed by atoms with E-state index in [-0.39, 0.29) is 6.61 Å². The van der Waals surface area contributed by atoms with Crippen molar-refractivity contribution in [2.45, 2.75) is 26.7 Å². The van der Waals surface area contributed by atoms with E-state index in [1.54, 1.807) is 6.92 Å². The van der Waals surface area contributed by atoms with E-state index < -0.39 is 11.8 Å². The van der Waals surface area contributed by atoms with Gasteiger partial charge in [-0.25, -0.2) is 4.79 Å². The number of ether oxygens (including phenoxy) is 3. The van der Waals surface area contributed by atoms with Gasteiger partial charge in [0.05, 0.1) is 25.4 Å². The number of benzene rings is 1. The Hall–Kier alpha value is -2.04. The van der Waals surface area contributed by atoms with Crippen LogP contribution >= 0.6 is 0 Å². The Morgan fingerprint density at radius 2 is 1.75 bits per heavy atom. The minimum atomic E-state index is -0.830. The largest absolute Gasteiger partial charge is 0.493 e. The van der Waals surface area contributed by atoms with Crippen molar-refractivity contribution in [3.05, 3.63) is 22.3 Å². The lowest BCUT2D eigenvalue weighted by molar-refractivity contribution is -0.137. The highest BCUT2D eigenvalue weighted by Gasteiger charge is 2.35. The lowest BCUT2D eigenvalue weighted by Gasteiger charge is -2.14. The Morgan fingerprint density at radius 1 is 1.10 bits per heavy atom. The molecule has 2 aliphatic rings. The Labute approximate surface area is 116 Å². The number of Topliss-reactive ketones (excluding diaryl/α,β-unsaturated/α-hetero) is 1. The van der Waals surface area contributed by atoms with Crippen LogP contribution in [0, 0.1) is 6.92 Å². The second-order valence-corrected chi connectivity index (χ2v) is 4.86. The Morgan fingerprint density at radius 3 is 2.45 bits per heavy atom. The van der Waals surface area contributed by atoms with Crippen LogP contribution in [0.15, 0.2) is 0 Å². The van der Waals surface area contributed by atoms with Crippen molar-refractivity contribution < 1.29 is 23.8 Å². The first-order valence-corrected chi connectivity index (χ1v) is 6.80. The van der Waals surface area contributed by atoms with E-state index >= 15 is 0 Å². The molecule has 3 rings (SSSR count). The predicted molar refractivity (Wildman–Crippen MR) is 70.5 cm³/mol. The maximum absolute atomic E-state index is 12.4. The summed E-state index contributed by atoms with van der Waals surface area (Å²) in [6, 6.07) is 0. The first-order valence-electron chi connectivity index (χ1n) is 6.80. The van der Waals surface area contributed by atoms with Crippen LogP contribution in [0.5, 0.6) is 11.5 Å². The fraction of sp³-hybridized carbons (Fsp3) is 0.467. The van der Waals surface area contributed by atoms with Crippen molar-refractivity contribution in [2.75, 3.05) is 19.8 Å². The molecule has 1 aromatic carbocycles. The van der Waals surface area contributed by atoms with E-state index in [1.807, 2.05) is 6.92 Å². The third-order valence-corrected chi connectivity index (χ3v) is 3.76. The molecule has 0 fully saturated rings. The normalized spacial score (nSPS) is 15.1. The molecule has 20 heavy (non-hydrogen) atoms. The molecule has 0 saturated heterocycles. The number of carbonyl (C=O) groups excluding carboxylic acids is 2. The lowest BCUT2D eigenvalue weighted by Crippen LogP contribution is -2.20. The van der Waals surface area contributed by atoms with Gasteiger partial charge in [0.15, 0.2) is 0 Å². The van der Waals surface area contributed by atoms with Crippen LogP contribution in [0.1, 0.15) is 34.0 Å². The fourth-order valence-corrected chi connectivity index (χ4v) is 2.88. The molecule has 0 radical (unpaired) electrons. The molecule has 5 heteroatoms. The molecule has 1 aromatic rings. The Bertz CT molecular complexity index is 568. The number of hydrogen-bond donors (Lipinski definition) is 0. The first-order chi connectivity index (χ1) is 9.65. The van der Waals surface area contributed by atoms with Crippen LogP contribution in [0.3, 0.4) is 0 Å². The smallest absolute Gasteiger partial charge is 0.379 e. The zero-order valence-corrected chi connectivity index (χ0v) is 11.6. The first kappa shape index (κ1) is 13.0. The van der Waals surface area contributed by atoms with Gasteiger partial charge in [-0.05, 0) is 19.4 Å². The van der Waals surface area contributed by atoms with Gasteiger partial charge in [0.1, 0.15) is 11.5 Å². The maximum Gasteiger partial charge on any atom is 0.379 e. The van der Waals surface area contributed by atoms with Crippen molar-refractivity contribution in [2.24, 2.45) is 0 Å². The molecule has 2 aliphatic heterocycles. The molecule has 0 saturated carbocycles. The van der Waals surface area contributed by atoms with E-state index in [4.69, 9.17) is 14.2 Å². The quantitative estimate of drug-likeness (QED) is 0.477. The minimum Gasteiger partial charge on any atom is -0.493 e. The van der Waals surface area contributed by atoms with Gasteiger partial charge in [-0.15, -0.1) is 0 Å². The van der Waals surface area contributed by atoms with Gasteiger partial charge >= 0.3 is 5.97 Å². The van der Waals surface area contributed by atoms with Crippen molar-refractivity contribution in [3.63, 3.8) is 0 Å². The Balaban J connectivity index is 2.16. The van der Waals surface area contributed by atoms with Crippen molar-refractivity contribution >= 4 is 11.8 Å². The minimum absolute atomic E-state index is 0.179. The molecule has 0 atom stereocenters. The van der Waals surface area contributed by atoms with Gasteiger partial charge in [-0.3, -0.25) is 4.79 Å². The van der Waals surface area contributed by atoms with E-state index in [2.05, 4.69) is 0 Å². The third kappa shape index (κ3) is 1.77. The van der Waals surface area contributed by atoms with Crippen molar-refractivity contribution in [1.82, 2.24) is 0 Å². The molecule has 0 unspecified atom stereocenters. The van der Waals surface area contributed by atoms with Gasteiger partial charge in [0.25, 0.3) is 5.78 Å². The van der Waals surface area contributed by atoms with E-state index in [1.165, 1.54) is 0 Å². The van der Waals surface area contributed by atoms with E-state index in [9.17, 15) is 9.59 Å². The number of esters is 1. The molecule has 5 nitrogen and oxygen atoms in total. The van der Waals surface area contributed by atoms with Crippen molar-refractivity contribution in [3.8, 4) is 11.5 Å². The molecule has 0 aromatic heterocycles. The zero-order valence-electron chi connectivity index (χ0n) is 11.6. The number of carbonyl (C=O) groups is 2. The predicted octanol–water partition coefficient (Wildman–Crippen LogP) is 1.61. The van der Waals surface area contributed by atoms with Gasteiger partial charge < -0.3 is 14.2 Å². The van der Waals surface area contributed by atoms with Crippen LogP contribution in [-0.2, 0) is 22.4 Å². The van der Waals surface area contributed by atoms with Gasteiger partial charge in [-0.2, -0.15) is 0 Å². The molecule has 0 bridgehead atoms. The molecule has 106 valence electrons. The fourth-order valence-electron chi connectivity index (χ4n) is 2.88. The van der Waals surface area contributed by atoms with E-state index in [0.29, 0.717) is 30.9 Å². The van der Waals surface area contributed by atoms with Gasteiger partial charge in [-0.1, -0.05) is 0 Å². The summed E-state index contributed by atoms with van der Waals surface area (Å²) >= 11 is 0. The van der Waals surface area contributed by atoms with Gasteiger partial charge in [0, 0.05) is 24.0 Å². The number of rotatable bonds is 3. The molecular formula is C15H16O5. The van der Waals surface area contributed by atoms with Crippen LogP contribution in [0.2, 0.25) is 0 Å². The van der Waals surface area contributed by atoms with Crippen molar-refractivity contribution in [1.29, 1.82) is 0 Å². The topological polar surface area (TPSA) is 61.8 Å². The highest BCUT2D eigenvalue weighted by Crippen LogP contribution is 2.44. The highest BCUT2D eigenvalue weighted by molar-refractivity contribution is 6.42. The summed E-state index contributed by atoms with van der Waals surface area (Å²) in [4.78, 5) is 24.1.